The molecule has 1 fully saturated rings. The Morgan fingerprint density at radius 1 is 0.909 bits per heavy atom. The Balaban J connectivity index is 2.92. The fraction of sp³-hybridized carbons (Fsp3) is 0.611. The third kappa shape index (κ3) is 8.72. The van der Waals surface area contributed by atoms with Crippen molar-refractivity contribution < 1.29 is 38.7 Å². The van der Waals surface area contributed by atoms with Gasteiger partial charge >= 0.3 is 5.97 Å². The zero-order valence-corrected chi connectivity index (χ0v) is 17.8. The lowest BCUT2D eigenvalue weighted by atomic mass is 10.1. The molecule has 33 heavy (non-hydrogen) atoms. The van der Waals surface area contributed by atoms with Crippen LogP contribution in [0.1, 0.15) is 38.5 Å². The van der Waals surface area contributed by atoms with Gasteiger partial charge in [-0.05, 0) is 19.3 Å². The van der Waals surface area contributed by atoms with Gasteiger partial charge in [0.25, 0.3) is 0 Å². The van der Waals surface area contributed by atoms with Gasteiger partial charge in [0.1, 0.15) is 18.1 Å². The highest BCUT2D eigenvalue weighted by molar-refractivity contribution is 5.97. The first-order valence-electron chi connectivity index (χ1n) is 10.1. The van der Waals surface area contributed by atoms with E-state index in [0.29, 0.717) is 6.42 Å². The van der Waals surface area contributed by atoms with Crippen LogP contribution < -0.4 is 33.6 Å². The number of nitrogens with one attached hydrogen (secondary N) is 2. The summed E-state index contributed by atoms with van der Waals surface area (Å²) in [4.78, 5) is 83.7. The number of primary amides is 3. The van der Waals surface area contributed by atoms with E-state index in [4.69, 9.17) is 22.9 Å². The SMILES string of the molecule is NC(=O)CCC(NC(=O)C(CC(N)=O)NC(=O)C1CCCN1C(=O)C(N)CC(N)=O)C(=O)O. The van der Waals surface area contributed by atoms with Crippen LogP contribution in [0.2, 0.25) is 0 Å². The lowest BCUT2D eigenvalue weighted by Crippen LogP contribution is -2.57. The van der Waals surface area contributed by atoms with Gasteiger partial charge in [0, 0.05) is 13.0 Å². The Bertz CT molecular complexity index is 818. The summed E-state index contributed by atoms with van der Waals surface area (Å²) in [6.07, 6.45) is -1.04. The summed E-state index contributed by atoms with van der Waals surface area (Å²) in [7, 11) is 0. The van der Waals surface area contributed by atoms with E-state index in [1.54, 1.807) is 0 Å². The molecule has 6 amide bonds. The van der Waals surface area contributed by atoms with E-state index in [0.717, 1.165) is 4.90 Å². The maximum Gasteiger partial charge on any atom is 0.326 e. The largest absolute Gasteiger partial charge is 0.480 e. The molecule has 4 atom stereocenters. The first-order chi connectivity index (χ1) is 15.3. The molecule has 0 saturated carbocycles. The number of likely N-dealkylation sites (tertiary alicyclic amines) is 1. The quantitative estimate of drug-likeness (QED) is 0.136. The molecule has 1 aliphatic heterocycles. The maximum absolute atomic E-state index is 12.8. The van der Waals surface area contributed by atoms with E-state index in [2.05, 4.69) is 10.6 Å². The van der Waals surface area contributed by atoms with Gasteiger partial charge < -0.3 is 43.6 Å². The van der Waals surface area contributed by atoms with Crippen LogP contribution in [-0.2, 0) is 33.6 Å². The topological polar surface area (TPSA) is 271 Å². The number of nitrogens with two attached hydrogens (primary N) is 4. The van der Waals surface area contributed by atoms with Gasteiger partial charge in [-0.1, -0.05) is 0 Å². The molecular weight excluding hydrogens is 442 g/mol. The molecule has 0 aromatic rings. The smallest absolute Gasteiger partial charge is 0.326 e. The van der Waals surface area contributed by atoms with Crippen LogP contribution in [-0.4, -0.2) is 82.1 Å². The number of carbonyl (C=O) groups excluding carboxylic acids is 6. The molecule has 184 valence electrons. The molecule has 0 bridgehead atoms. The molecule has 1 aliphatic rings. The van der Waals surface area contributed by atoms with Crippen molar-refractivity contribution in [3.8, 4) is 0 Å². The summed E-state index contributed by atoms with van der Waals surface area (Å²) in [5.41, 5.74) is 20.8. The molecule has 4 unspecified atom stereocenters. The molecule has 0 aromatic heterocycles. The Kier molecular flexibility index (Phi) is 10.2. The molecule has 0 aliphatic carbocycles. The Morgan fingerprint density at radius 3 is 2.03 bits per heavy atom. The Hall–Kier alpha value is -3.75. The molecule has 1 rings (SSSR count). The number of carbonyl (C=O) groups is 7. The van der Waals surface area contributed by atoms with Gasteiger partial charge in [0.15, 0.2) is 0 Å². The minimum absolute atomic E-state index is 0.171. The van der Waals surface area contributed by atoms with Gasteiger partial charge in [0.05, 0.1) is 18.9 Å². The lowest BCUT2D eigenvalue weighted by Gasteiger charge is -2.28. The molecular formula is C18H29N7O8. The standard InChI is InChI=1S/C18H29N7O8/c19-8(6-13(21)27)17(31)25-5-1-2-11(25)16(30)24-10(7-14(22)28)15(29)23-9(18(32)33)3-4-12(20)26/h8-11H,1-7,19H2,(H2,20,26)(H2,21,27)(H2,22,28)(H,23,29)(H,24,30)(H,32,33). The summed E-state index contributed by atoms with van der Waals surface area (Å²) in [5.74, 6) is -6.48. The summed E-state index contributed by atoms with van der Waals surface area (Å²) >= 11 is 0. The number of nitrogens with zero attached hydrogens (tertiary/aromatic N) is 1. The van der Waals surface area contributed by atoms with Crippen LogP contribution in [0.4, 0.5) is 0 Å². The van der Waals surface area contributed by atoms with E-state index >= 15 is 0 Å². The number of amides is 6. The van der Waals surface area contributed by atoms with Crippen LogP contribution in [0.3, 0.4) is 0 Å². The number of carboxylic acid groups (broad SMARTS) is 1. The van der Waals surface area contributed by atoms with E-state index in [9.17, 15) is 38.7 Å². The second kappa shape index (κ2) is 12.3. The average Bonchev–Trinajstić information content (AvgIpc) is 3.18. The van der Waals surface area contributed by atoms with E-state index in [1.807, 2.05) is 0 Å². The van der Waals surface area contributed by atoms with Crippen LogP contribution in [0.5, 0.6) is 0 Å². The van der Waals surface area contributed by atoms with Crippen molar-refractivity contribution in [2.75, 3.05) is 6.54 Å². The van der Waals surface area contributed by atoms with Crippen molar-refractivity contribution >= 4 is 41.4 Å². The molecule has 0 spiro atoms. The lowest BCUT2D eigenvalue weighted by molar-refractivity contribution is -0.143. The summed E-state index contributed by atoms with van der Waals surface area (Å²) in [6, 6.07) is -5.33. The summed E-state index contributed by atoms with van der Waals surface area (Å²) in [6.45, 7) is 0.171. The predicted octanol–water partition coefficient (Wildman–Crippen LogP) is -4.62. The van der Waals surface area contributed by atoms with Crippen molar-refractivity contribution in [1.29, 1.82) is 0 Å². The molecule has 1 saturated heterocycles. The zero-order chi connectivity index (χ0) is 25.3. The van der Waals surface area contributed by atoms with Crippen LogP contribution in [0, 0.1) is 0 Å². The minimum Gasteiger partial charge on any atom is -0.480 e. The van der Waals surface area contributed by atoms with Gasteiger partial charge in [-0.2, -0.15) is 0 Å². The highest BCUT2D eigenvalue weighted by Crippen LogP contribution is 2.19. The van der Waals surface area contributed by atoms with Gasteiger partial charge in [-0.15, -0.1) is 0 Å². The van der Waals surface area contributed by atoms with Gasteiger partial charge in [-0.3, -0.25) is 28.8 Å². The third-order valence-corrected chi connectivity index (χ3v) is 4.91. The van der Waals surface area contributed by atoms with Crippen molar-refractivity contribution in [1.82, 2.24) is 15.5 Å². The van der Waals surface area contributed by atoms with Crippen molar-refractivity contribution in [2.24, 2.45) is 22.9 Å². The molecule has 11 N–H and O–H groups in total. The first kappa shape index (κ1) is 27.3. The predicted molar refractivity (Wildman–Crippen MR) is 110 cm³/mol. The second-order valence-corrected chi connectivity index (χ2v) is 7.60. The summed E-state index contributed by atoms with van der Waals surface area (Å²) < 4.78 is 0. The fourth-order valence-corrected chi connectivity index (χ4v) is 3.31. The van der Waals surface area contributed by atoms with E-state index < -0.39 is 78.4 Å². The van der Waals surface area contributed by atoms with E-state index in [1.165, 1.54) is 0 Å². The fourth-order valence-electron chi connectivity index (χ4n) is 3.31. The number of hydrogen-bond donors (Lipinski definition) is 7. The molecule has 15 heteroatoms. The molecule has 0 radical (unpaired) electrons. The van der Waals surface area contributed by atoms with Crippen molar-refractivity contribution in [3.63, 3.8) is 0 Å². The van der Waals surface area contributed by atoms with Gasteiger partial charge in [0.2, 0.25) is 35.4 Å². The van der Waals surface area contributed by atoms with Gasteiger partial charge in [-0.25, -0.2) is 4.79 Å². The van der Waals surface area contributed by atoms with Crippen molar-refractivity contribution in [2.45, 2.75) is 62.7 Å². The number of rotatable bonds is 13. The monoisotopic (exact) mass is 471 g/mol. The molecule has 1 heterocycles. The third-order valence-electron chi connectivity index (χ3n) is 4.91. The summed E-state index contributed by atoms with van der Waals surface area (Å²) in [5, 5.41) is 13.7. The van der Waals surface area contributed by atoms with Crippen LogP contribution in [0.25, 0.3) is 0 Å². The number of hydrogen-bond acceptors (Lipinski definition) is 8. The zero-order valence-electron chi connectivity index (χ0n) is 17.8. The average molecular weight is 471 g/mol. The molecule has 0 aromatic carbocycles. The van der Waals surface area contributed by atoms with E-state index in [-0.39, 0.29) is 25.8 Å². The van der Waals surface area contributed by atoms with Crippen LogP contribution in [0.15, 0.2) is 0 Å². The second-order valence-electron chi connectivity index (χ2n) is 7.60. The van der Waals surface area contributed by atoms with Crippen LogP contribution >= 0.6 is 0 Å². The number of aliphatic carboxylic acids is 1. The Labute approximate surface area is 188 Å². The van der Waals surface area contributed by atoms with Crippen molar-refractivity contribution in [3.05, 3.63) is 0 Å². The molecule has 15 nitrogen and oxygen atoms in total. The Morgan fingerprint density at radius 2 is 1.52 bits per heavy atom. The highest BCUT2D eigenvalue weighted by atomic mass is 16.4. The minimum atomic E-state index is -1.54. The number of carboxylic acids is 1. The first-order valence-corrected chi connectivity index (χ1v) is 10.1. The highest BCUT2D eigenvalue weighted by Gasteiger charge is 2.38. The normalized spacial score (nSPS) is 18.0. The maximum atomic E-state index is 12.8.